The molecule has 5 heteroatoms. The zero-order valence-electron chi connectivity index (χ0n) is 10.7. The maximum Gasteiger partial charge on any atom is 0.241 e. The van der Waals surface area contributed by atoms with Crippen LogP contribution in [0.25, 0.3) is 0 Å². The molecule has 1 rings (SSSR count). The Bertz CT molecular complexity index is 410. The van der Waals surface area contributed by atoms with E-state index in [2.05, 4.69) is 5.32 Å². The molecule has 1 unspecified atom stereocenters. The van der Waals surface area contributed by atoms with E-state index in [1.54, 1.807) is 0 Å². The van der Waals surface area contributed by atoms with E-state index in [0.717, 1.165) is 12.8 Å². The summed E-state index contributed by atoms with van der Waals surface area (Å²) < 4.78 is 18.4. The first-order chi connectivity index (χ1) is 8.58. The molecule has 1 atom stereocenters. The number of nitrogens with two attached hydrogens (primary N) is 1. The summed E-state index contributed by atoms with van der Waals surface area (Å²) in [6.45, 7) is 2.02. The molecule has 1 aromatic rings. The van der Waals surface area contributed by atoms with Gasteiger partial charge in [-0.3, -0.25) is 4.79 Å². The van der Waals surface area contributed by atoms with E-state index >= 15 is 0 Å². The molecule has 0 aliphatic carbocycles. The second-order valence-corrected chi connectivity index (χ2v) is 4.08. The normalized spacial score (nSPS) is 12.0. The van der Waals surface area contributed by atoms with Crippen molar-refractivity contribution in [1.29, 1.82) is 0 Å². The molecule has 3 N–H and O–H groups in total. The number of halogens is 1. The Balaban J connectivity index is 2.68. The number of methoxy groups -OCH3 is 1. The van der Waals surface area contributed by atoms with Gasteiger partial charge in [-0.15, -0.1) is 0 Å². The van der Waals surface area contributed by atoms with Crippen molar-refractivity contribution in [3.63, 3.8) is 0 Å². The minimum atomic E-state index is -0.615. The standard InChI is InChI=1S/C13H19FN2O2/c1-3-4-5-11(15)13(17)16-12-8-9(18-2)6-7-10(12)14/h6-8,11H,3-5,15H2,1-2H3,(H,16,17). The third kappa shape index (κ3) is 4.00. The number of anilines is 1. The van der Waals surface area contributed by atoms with Crippen molar-refractivity contribution in [2.45, 2.75) is 32.2 Å². The van der Waals surface area contributed by atoms with Crippen LogP contribution in [-0.4, -0.2) is 19.1 Å². The summed E-state index contributed by atoms with van der Waals surface area (Å²) >= 11 is 0. The first kappa shape index (κ1) is 14.4. The van der Waals surface area contributed by atoms with Gasteiger partial charge >= 0.3 is 0 Å². The molecule has 100 valence electrons. The summed E-state index contributed by atoms with van der Waals surface area (Å²) in [6.07, 6.45) is 2.43. The van der Waals surface area contributed by atoms with Crippen LogP contribution in [0.3, 0.4) is 0 Å². The van der Waals surface area contributed by atoms with Gasteiger partial charge in [0.15, 0.2) is 0 Å². The van der Waals surface area contributed by atoms with Crippen LogP contribution >= 0.6 is 0 Å². The second-order valence-electron chi connectivity index (χ2n) is 4.08. The van der Waals surface area contributed by atoms with Crippen LogP contribution in [0.2, 0.25) is 0 Å². The first-order valence-electron chi connectivity index (χ1n) is 5.98. The van der Waals surface area contributed by atoms with E-state index in [1.165, 1.54) is 25.3 Å². The summed E-state index contributed by atoms with van der Waals surface area (Å²) in [5.41, 5.74) is 5.80. The molecule has 0 heterocycles. The van der Waals surface area contributed by atoms with Crippen molar-refractivity contribution < 1.29 is 13.9 Å². The lowest BCUT2D eigenvalue weighted by molar-refractivity contribution is -0.117. The highest BCUT2D eigenvalue weighted by atomic mass is 19.1. The van der Waals surface area contributed by atoms with E-state index in [1.807, 2.05) is 6.92 Å². The maximum absolute atomic E-state index is 13.5. The van der Waals surface area contributed by atoms with Crippen LogP contribution < -0.4 is 15.8 Å². The number of carbonyl (C=O) groups is 1. The molecule has 0 aliphatic heterocycles. The van der Waals surface area contributed by atoms with Crippen LogP contribution in [-0.2, 0) is 4.79 Å². The highest BCUT2D eigenvalue weighted by Gasteiger charge is 2.15. The molecule has 0 fully saturated rings. The van der Waals surface area contributed by atoms with Crippen LogP contribution in [0.5, 0.6) is 5.75 Å². The average Bonchev–Trinajstić information content (AvgIpc) is 2.38. The first-order valence-corrected chi connectivity index (χ1v) is 5.98. The fourth-order valence-electron chi connectivity index (χ4n) is 1.51. The Morgan fingerprint density at radius 2 is 2.28 bits per heavy atom. The minimum Gasteiger partial charge on any atom is -0.497 e. The number of benzene rings is 1. The third-order valence-corrected chi connectivity index (χ3v) is 2.64. The van der Waals surface area contributed by atoms with Gasteiger partial charge in [0.05, 0.1) is 18.8 Å². The van der Waals surface area contributed by atoms with E-state index < -0.39 is 11.9 Å². The minimum absolute atomic E-state index is 0.0892. The van der Waals surface area contributed by atoms with Gasteiger partial charge in [-0.2, -0.15) is 0 Å². The van der Waals surface area contributed by atoms with Crippen molar-refractivity contribution in [2.75, 3.05) is 12.4 Å². The van der Waals surface area contributed by atoms with Gasteiger partial charge in [0.25, 0.3) is 0 Å². The Morgan fingerprint density at radius 3 is 2.89 bits per heavy atom. The van der Waals surface area contributed by atoms with Gasteiger partial charge < -0.3 is 15.8 Å². The lowest BCUT2D eigenvalue weighted by atomic mass is 10.1. The molecule has 0 aliphatic rings. The molecular weight excluding hydrogens is 235 g/mol. The van der Waals surface area contributed by atoms with Crippen molar-refractivity contribution in [1.82, 2.24) is 0 Å². The van der Waals surface area contributed by atoms with Crippen molar-refractivity contribution in [2.24, 2.45) is 5.73 Å². The molecule has 0 bridgehead atoms. The average molecular weight is 254 g/mol. The SMILES string of the molecule is CCCCC(N)C(=O)Nc1cc(OC)ccc1F. The molecule has 0 aromatic heterocycles. The van der Waals surface area contributed by atoms with Gasteiger partial charge in [-0.1, -0.05) is 19.8 Å². The quantitative estimate of drug-likeness (QED) is 0.818. The van der Waals surface area contributed by atoms with E-state index in [4.69, 9.17) is 10.5 Å². The van der Waals surface area contributed by atoms with E-state index in [0.29, 0.717) is 12.2 Å². The fourth-order valence-corrected chi connectivity index (χ4v) is 1.51. The molecule has 0 saturated heterocycles. The Hall–Kier alpha value is -1.62. The van der Waals surface area contributed by atoms with Crippen molar-refractivity contribution in [3.05, 3.63) is 24.0 Å². The molecule has 0 spiro atoms. The van der Waals surface area contributed by atoms with Crippen LogP contribution in [0.15, 0.2) is 18.2 Å². The number of ether oxygens (including phenoxy) is 1. The van der Waals surface area contributed by atoms with Crippen molar-refractivity contribution in [3.8, 4) is 5.75 Å². The van der Waals surface area contributed by atoms with Gasteiger partial charge in [0, 0.05) is 6.07 Å². The largest absolute Gasteiger partial charge is 0.497 e. The topological polar surface area (TPSA) is 64.4 Å². The number of hydrogen-bond acceptors (Lipinski definition) is 3. The van der Waals surface area contributed by atoms with Crippen molar-refractivity contribution >= 4 is 11.6 Å². The predicted molar refractivity (Wildman–Crippen MR) is 69.1 cm³/mol. The number of rotatable bonds is 6. The summed E-state index contributed by atoms with van der Waals surface area (Å²) in [5.74, 6) is -0.406. The van der Waals surface area contributed by atoms with E-state index in [9.17, 15) is 9.18 Å². The Kier molecular flexibility index (Phi) is 5.58. The van der Waals surface area contributed by atoms with E-state index in [-0.39, 0.29) is 11.6 Å². The summed E-state index contributed by atoms with van der Waals surface area (Å²) in [7, 11) is 1.48. The summed E-state index contributed by atoms with van der Waals surface area (Å²) in [5, 5.41) is 2.47. The number of nitrogens with one attached hydrogen (secondary N) is 1. The number of amides is 1. The Labute approximate surface area is 106 Å². The molecule has 1 amide bonds. The van der Waals surface area contributed by atoms with Gasteiger partial charge in [-0.25, -0.2) is 4.39 Å². The van der Waals surface area contributed by atoms with Gasteiger partial charge in [0.2, 0.25) is 5.91 Å². The summed E-state index contributed by atoms with van der Waals surface area (Å²) in [4.78, 5) is 11.7. The van der Waals surface area contributed by atoms with Gasteiger partial charge in [0.1, 0.15) is 11.6 Å². The zero-order chi connectivity index (χ0) is 13.5. The zero-order valence-corrected chi connectivity index (χ0v) is 10.7. The van der Waals surface area contributed by atoms with Crippen LogP contribution in [0.4, 0.5) is 10.1 Å². The number of unbranched alkanes of at least 4 members (excludes halogenated alkanes) is 1. The molecule has 1 aromatic carbocycles. The summed E-state index contributed by atoms with van der Waals surface area (Å²) in [6, 6.07) is 3.55. The highest BCUT2D eigenvalue weighted by molar-refractivity contribution is 5.94. The monoisotopic (exact) mass is 254 g/mol. The molecule has 18 heavy (non-hydrogen) atoms. The lowest BCUT2D eigenvalue weighted by Crippen LogP contribution is -2.35. The Morgan fingerprint density at radius 1 is 1.56 bits per heavy atom. The highest BCUT2D eigenvalue weighted by Crippen LogP contribution is 2.21. The fraction of sp³-hybridized carbons (Fsp3) is 0.462. The second kappa shape index (κ2) is 6.96. The maximum atomic E-state index is 13.5. The van der Waals surface area contributed by atoms with Crippen LogP contribution in [0, 0.1) is 5.82 Å². The molecule has 4 nitrogen and oxygen atoms in total. The smallest absolute Gasteiger partial charge is 0.241 e. The predicted octanol–water partition coefficient (Wildman–Crippen LogP) is 2.29. The van der Waals surface area contributed by atoms with Gasteiger partial charge in [-0.05, 0) is 18.6 Å². The number of carbonyl (C=O) groups excluding carboxylic acids is 1. The number of hydrogen-bond donors (Lipinski definition) is 2. The molecule has 0 saturated carbocycles. The molecule has 0 radical (unpaired) electrons. The molecular formula is C13H19FN2O2. The van der Waals surface area contributed by atoms with Crippen LogP contribution in [0.1, 0.15) is 26.2 Å². The lowest BCUT2D eigenvalue weighted by Gasteiger charge is -2.13. The third-order valence-electron chi connectivity index (χ3n) is 2.64.